The molecule has 1 aliphatic heterocycles. The van der Waals surface area contributed by atoms with Gasteiger partial charge in [0, 0.05) is 12.3 Å². The van der Waals surface area contributed by atoms with Gasteiger partial charge in [0.25, 0.3) is 0 Å². The largest absolute Gasteiger partial charge is 0.376 e. The van der Waals surface area contributed by atoms with Gasteiger partial charge in [-0.3, -0.25) is 0 Å². The number of carbonyl (C=O) groups is 1. The van der Waals surface area contributed by atoms with Crippen LogP contribution in [-0.4, -0.2) is 24.8 Å². The summed E-state index contributed by atoms with van der Waals surface area (Å²) < 4.78 is 5.52. The van der Waals surface area contributed by atoms with Crippen LogP contribution in [0.5, 0.6) is 0 Å². The van der Waals surface area contributed by atoms with Crippen molar-refractivity contribution in [3.63, 3.8) is 0 Å². The highest BCUT2D eigenvalue weighted by Crippen LogP contribution is 2.15. The molecule has 0 spiro atoms. The molecule has 0 bridgehead atoms. The summed E-state index contributed by atoms with van der Waals surface area (Å²) >= 11 is 0. The number of anilines is 1. The predicted octanol–water partition coefficient (Wildman–Crippen LogP) is 2.38. The molecule has 2 rings (SSSR count). The molecule has 0 aliphatic carbocycles. The van der Waals surface area contributed by atoms with Gasteiger partial charge in [-0.1, -0.05) is 18.2 Å². The average Bonchev–Trinajstić information content (AvgIpc) is 2.83. The number of rotatable bonds is 3. The van der Waals surface area contributed by atoms with Crippen LogP contribution in [0.3, 0.4) is 0 Å². The Morgan fingerprint density at radius 3 is 2.82 bits per heavy atom. The Hall–Kier alpha value is -1.55. The first kappa shape index (κ1) is 11.9. The van der Waals surface area contributed by atoms with Crippen LogP contribution in [0.25, 0.3) is 0 Å². The van der Waals surface area contributed by atoms with Crippen LogP contribution in [0.1, 0.15) is 19.8 Å². The molecule has 0 saturated carbocycles. The first-order valence-electron chi connectivity index (χ1n) is 6.00. The summed E-state index contributed by atoms with van der Waals surface area (Å²) in [4.78, 5) is 11.7. The zero-order chi connectivity index (χ0) is 12.1. The second-order valence-corrected chi connectivity index (χ2v) is 4.30. The monoisotopic (exact) mass is 234 g/mol. The maximum Gasteiger partial charge on any atom is 0.319 e. The van der Waals surface area contributed by atoms with Crippen molar-refractivity contribution in [3.05, 3.63) is 30.3 Å². The zero-order valence-electron chi connectivity index (χ0n) is 9.98. The normalized spacial score (nSPS) is 20.9. The number of ether oxygens (including phenoxy) is 1. The van der Waals surface area contributed by atoms with Crippen LogP contribution in [0, 0.1) is 0 Å². The molecule has 1 aromatic carbocycles. The fourth-order valence-electron chi connectivity index (χ4n) is 1.99. The summed E-state index contributed by atoms with van der Waals surface area (Å²) in [6.45, 7) is 2.78. The molecule has 2 N–H and O–H groups in total. The van der Waals surface area contributed by atoms with Gasteiger partial charge in [-0.05, 0) is 31.9 Å². The molecule has 92 valence electrons. The summed E-state index contributed by atoms with van der Waals surface area (Å²) in [7, 11) is 0. The highest BCUT2D eigenvalue weighted by Gasteiger charge is 2.23. The van der Waals surface area contributed by atoms with Crippen molar-refractivity contribution in [2.45, 2.75) is 31.9 Å². The zero-order valence-corrected chi connectivity index (χ0v) is 9.98. The third kappa shape index (κ3) is 3.46. The molecule has 4 nitrogen and oxygen atoms in total. The van der Waals surface area contributed by atoms with Crippen molar-refractivity contribution in [1.29, 1.82) is 0 Å². The molecule has 0 radical (unpaired) electrons. The van der Waals surface area contributed by atoms with Gasteiger partial charge in [-0.15, -0.1) is 0 Å². The number of benzene rings is 1. The third-order valence-electron chi connectivity index (χ3n) is 2.91. The second-order valence-electron chi connectivity index (χ2n) is 4.30. The van der Waals surface area contributed by atoms with E-state index in [9.17, 15) is 4.79 Å². The van der Waals surface area contributed by atoms with Gasteiger partial charge in [0.15, 0.2) is 0 Å². The van der Waals surface area contributed by atoms with Gasteiger partial charge in [0.05, 0.1) is 12.1 Å². The lowest BCUT2D eigenvalue weighted by atomic mass is 10.1. The number of amides is 2. The van der Waals surface area contributed by atoms with Crippen molar-refractivity contribution in [2.75, 3.05) is 11.9 Å². The Labute approximate surface area is 101 Å². The molecule has 2 amide bonds. The Morgan fingerprint density at radius 1 is 1.41 bits per heavy atom. The van der Waals surface area contributed by atoms with Gasteiger partial charge < -0.3 is 15.4 Å². The van der Waals surface area contributed by atoms with Crippen LogP contribution in [0.4, 0.5) is 10.5 Å². The van der Waals surface area contributed by atoms with Gasteiger partial charge >= 0.3 is 6.03 Å². The van der Waals surface area contributed by atoms with Gasteiger partial charge in [0.2, 0.25) is 0 Å². The van der Waals surface area contributed by atoms with E-state index in [0.717, 1.165) is 25.1 Å². The lowest BCUT2D eigenvalue weighted by Gasteiger charge is -2.20. The first-order valence-corrected chi connectivity index (χ1v) is 6.00. The van der Waals surface area contributed by atoms with E-state index in [1.165, 1.54) is 0 Å². The van der Waals surface area contributed by atoms with E-state index >= 15 is 0 Å². The minimum Gasteiger partial charge on any atom is -0.376 e. The van der Waals surface area contributed by atoms with E-state index in [4.69, 9.17) is 4.74 Å². The molecular formula is C13H18N2O2. The summed E-state index contributed by atoms with van der Waals surface area (Å²) in [5, 5.41) is 5.69. The number of urea groups is 1. The Bertz CT molecular complexity index is 361. The SMILES string of the molecule is CC(NC(=O)Nc1ccccc1)C1CCCO1. The topological polar surface area (TPSA) is 50.4 Å². The Kier molecular flexibility index (Phi) is 3.98. The van der Waals surface area contributed by atoms with Crippen molar-refractivity contribution in [1.82, 2.24) is 5.32 Å². The molecule has 4 heteroatoms. The molecule has 17 heavy (non-hydrogen) atoms. The highest BCUT2D eigenvalue weighted by atomic mass is 16.5. The number of nitrogens with one attached hydrogen (secondary N) is 2. The molecule has 1 saturated heterocycles. The van der Waals surface area contributed by atoms with Crippen molar-refractivity contribution in [2.24, 2.45) is 0 Å². The molecule has 0 aromatic heterocycles. The van der Waals surface area contributed by atoms with E-state index in [1.807, 2.05) is 37.3 Å². The van der Waals surface area contributed by atoms with Gasteiger partial charge in [0.1, 0.15) is 0 Å². The quantitative estimate of drug-likeness (QED) is 0.843. The van der Waals surface area contributed by atoms with Crippen LogP contribution in [-0.2, 0) is 4.74 Å². The van der Waals surface area contributed by atoms with Crippen LogP contribution < -0.4 is 10.6 Å². The van der Waals surface area contributed by atoms with Crippen LogP contribution >= 0.6 is 0 Å². The molecule has 1 heterocycles. The summed E-state index contributed by atoms with van der Waals surface area (Å²) in [5.74, 6) is 0. The molecule has 1 aromatic rings. The predicted molar refractivity (Wildman–Crippen MR) is 67.0 cm³/mol. The average molecular weight is 234 g/mol. The lowest BCUT2D eigenvalue weighted by molar-refractivity contribution is 0.0868. The fourth-order valence-corrected chi connectivity index (χ4v) is 1.99. The molecular weight excluding hydrogens is 216 g/mol. The van der Waals surface area contributed by atoms with Crippen LogP contribution in [0.15, 0.2) is 30.3 Å². The fraction of sp³-hybridized carbons (Fsp3) is 0.462. The van der Waals surface area contributed by atoms with Crippen molar-refractivity contribution < 1.29 is 9.53 Å². The minimum atomic E-state index is -0.181. The smallest absolute Gasteiger partial charge is 0.319 e. The molecule has 2 unspecified atom stereocenters. The van der Waals surface area contributed by atoms with E-state index < -0.39 is 0 Å². The standard InChI is InChI=1S/C13H18N2O2/c1-10(12-8-5-9-17-12)14-13(16)15-11-6-3-2-4-7-11/h2-4,6-7,10,12H,5,8-9H2,1H3,(H2,14,15,16). The van der Waals surface area contributed by atoms with E-state index in [-0.39, 0.29) is 18.2 Å². The summed E-state index contributed by atoms with van der Waals surface area (Å²) in [6.07, 6.45) is 2.25. The molecule has 1 fully saturated rings. The van der Waals surface area contributed by atoms with Crippen LogP contribution in [0.2, 0.25) is 0 Å². The third-order valence-corrected chi connectivity index (χ3v) is 2.91. The first-order chi connectivity index (χ1) is 8.25. The number of carbonyl (C=O) groups excluding carboxylic acids is 1. The van der Waals surface area contributed by atoms with E-state index in [0.29, 0.717) is 0 Å². The Balaban J connectivity index is 1.80. The summed E-state index contributed by atoms with van der Waals surface area (Å²) in [5.41, 5.74) is 0.796. The molecule has 1 aliphatic rings. The van der Waals surface area contributed by atoms with E-state index in [2.05, 4.69) is 10.6 Å². The maximum absolute atomic E-state index is 11.7. The number of hydrogen-bond donors (Lipinski definition) is 2. The van der Waals surface area contributed by atoms with Gasteiger partial charge in [-0.2, -0.15) is 0 Å². The number of para-hydroxylation sites is 1. The number of hydrogen-bond acceptors (Lipinski definition) is 2. The molecule has 2 atom stereocenters. The lowest BCUT2D eigenvalue weighted by Crippen LogP contribution is -2.42. The Morgan fingerprint density at radius 2 is 2.18 bits per heavy atom. The highest BCUT2D eigenvalue weighted by molar-refractivity contribution is 5.89. The van der Waals surface area contributed by atoms with E-state index in [1.54, 1.807) is 0 Å². The minimum absolute atomic E-state index is 0.0428. The van der Waals surface area contributed by atoms with Crippen molar-refractivity contribution in [3.8, 4) is 0 Å². The van der Waals surface area contributed by atoms with Gasteiger partial charge in [-0.25, -0.2) is 4.79 Å². The summed E-state index contributed by atoms with van der Waals surface area (Å²) in [6, 6.07) is 9.27. The second kappa shape index (κ2) is 5.68. The van der Waals surface area contributed by atoms with Crippen molar-refractivity contribution >= 4 is 11.7 Å². The maximum atomic E-state index is 11.7.